The second-order valence-corrected chi connectivity index (χ2v) is 5.78. The van der Waals surface area contributed by atoms with Crippen LogP contribution in [0.15, 0.2) is 34.7 Å². The predicted octanol–water partition coefficient (Wildman–Crippen LogP) is 4.51. The predicted molar refractivity (Wildman–Crippen MR) is 82.3 cm³/mol. The van der Waals surface area contributed by atoms with Gasteiger partial charge in [-0.25, -0.2) is 0 Å². The highest BCUT2D eigenvalue weighted by molar-refractivity contribution is 6.28. The first-order chi connectivity index (χ1) is 9.78. The van der Waals surface area contributed by atoms with Gasteiger partial charge >= 0.3 is 0 Å². The lowest BCUT2D eigenvalue weighted by molar-refractivity contribution is 0.448. The Labute approximate surface area is 125 Å². The minimum atomic E-state index is 0.0911. The van der Waals surface area contributed by atoms with Gasteiger partial charge in [0.2, 0.25) is 0 Å². The average molecular weight is 290 g/mol. The fourth-order valence-corrected chi connectivity index (χ4v) is 3.08. The summed E-state index contributed by atoms with van der Waals surface area (Å²) < 4.78 is 5.62. The van der Waals surface area contributed by atoms with Crippen molar-refractivity contribution >= 4 is 11.6 Å². The number of nitrogens with one attached hydrogen (secondary N) is 1. The Morgan fingerprint density at radius 1 is 1.20 bits per heavy atom. The largest absolute Gasteiger partial charge is 0.448 e. The lowest BCUT2D eigenvalue weighted by Crippen LogP contribution is -2.22. The third kappa shape index (κ3) is 2.77. The van der Waals surface area contributed by atoms with E-state index in [2.05, 4.69) is 30.4 Å². The van der Waals surface area contributed by atoms with Crippen molar-refractivity contribution in [1.29, 1.82) is 0 Å². The highest BCUT2D eigenvalue weighted by atomic mass is 35.5. The van der Waals surface area contributed by atoms with Crippen LogP contribution in [0, 0.1) is 0 Å². The SMILES string of the molecule is CCCNC(c1ccc2c(c1)CCC2)c1ccc(Cl)o1. The maximum atomic E-state index is 5.93. The van der Waals surface area contributed by atoms with E-state index in [1.54, 1.807) is 0 Å². The maximum Gasteiger partial charge on any atom is 0.193 e. The van der Waals surface area contributed by atoms with Crippen LogP contribution in [0.5, 0.6) is 0 Å². The molecule has 1 aliphatic carbocycles. The summed E-state index contributed by atoms with van der Waals surface area (Å²) in [5, 5.41) is 4.00. The van der Waals surface area contributed by atoms with Crippen molar-refractivity contribution < 1.29 is 4.42 Å². The van der Waals surface area contributed by atoms with Crippen LogP contribution in [0.2, 0.25) is 5.22 Å². The van der Waals surface area contributed by atoms with Crippen LogP contribution >= 0.6 is 11.6 Å². The van der Waals surface area contributed by atoms with E-state index in [1.807, 2.05) is 12.1 Å². The standard InChI is InChI=1S/C17H20ClNO/c1-2-10-19-17(15-8-9-16(18)20-15)14-7-6-12-4-3-5-13(12)11-14/h6-9,11,17,19H,2-5,10H2,1H3. The molecule has 3 rings (SSSR count). The zero-order valence-corrected chi connectivity index (χ0v) is 12.5. The monoisotopic (exact) mass is 289 g/mol. The average Bonchev–Trinajstić information content (AvgIpc) is 3.07. The molecule has 2 aromatic rings. The Bertz CT molecular complexity index is 590. The number of fused-ring (bicyclic) bond motifs is 1. The molecule has 1 N–H and O–H groups in total. The summed E-state index contributed by atoms with van der Waals surface area (Å²) in [6.45, 7) is 3.13. The van der Waals surface area contributed by atoms with E-state index >= 15 is 0 Å². The number of hydrogen-bond acceptors (Lipinski definition) is 2. The fraction of sp³-hybridized carbons (Fsp3) is 0.412. The molecule has 1 aromatic carbocycles. The van der Waals surface area contributed by atoms with Gasteiger partial charge < -0.3 is 9.73 Å². The number of rotatable bonds is 5. The fourth-order valence-electron chi connectivity index (χ4n) is 2.93. The van der Waals surface area contributed by atoms with Gasteiger partial charge in [-0.1, -0.05) is 25.1 Å². The molecule has 3 heteroatoms. The van der Waals surface area contributed by atoms with Crippen LogP contribution < -0.4 is 5.32 Å². The molecule has 0 amide bonds. The highest BCUT2D eigenvalue weighted by Gasteiger charge is 2.19. The number of halogens is 1. The quantitative estimate of drug-likeness (QED) is 0.876. The number of aryl methyl sites for hydroxylation is 2. The van der Waals surface area contributed by atoms with Crippen LogP contribution in [0.25, 0.3) is 0 Å². The Morgan fingerprint density at radius 3 is 2.80 bits per heavy atom. The molecule has 1 aliphatic rings. The van der Waals surface area contributed by atoms with Crippen molar-refractivity contribution in [3.8, 4) is 0 Å². The van der Waals surface area contributed by atoms with Crippen LogP contribution in [0.1, 0.15) is 48.3 Å². The van der Waals surface area contributed by atoms with E-state index in [4.69, 9.17) is 16.0 Å². The Kier molecular flexibility index (Phi) is 4.13. The van der Waals surface area contributed by atoms with Crippen molar-refractivity contribution in [2.45, 2.75) is 38.6 Å². The van der Waals surface area contributed by atoms with Gasteiger partial charge in [0.15, 0.2) is 5.22 Å². The minimum absolute atomic E-state index is 0.0911. The van der Waals surface area contributed by atoms with E-state index in [1.165, 1.54) is 36.0 Å². The topological polar surface area (TPSA) is 25.2 Å². The van der Waals surface area contributed by atoms with Gasteiger partial charge in [0.05, 0.1) is 6.04 Å². The van der Waals surface area contributed by atoms with Crippen LogP contribution in [-0.4, -0.2) is 6.54 Å². The van der Waals surface area contributed by atoms with Gasteiger partial charge in [-0.3, -0.25) is 0 Å². The van der Waals surface area contributed by atoms with Crippen molar-refractivity contribution in [2.75, 3.05) is 6.54 Å². The third-order valence-corrected chi connectivity index (χ3v) is 4.14. The van der Waals surface area contributed by atoms with Crippen molar-refractivity contribution in [2.24, 2.45) is 0 Å². The molecule has 20 heavy (non-hydrogen) atoms. The molecule has 1 aromatic heterocycles. The van der Waals surface area contributed by atoms with E-state index in [-0.39, 0.29) is 6.04 Å². The highest BCUT2D eigenvalue weighted by Crippen LogP contribution is 2.30. The lowest BCUT2D eigenvalue weighted by Gasteiger charge is -2.18. The molecule has 2 nitrogen and oxygen atoms in total. The summed E-state index contributed by atoms with van der Waals surface area (Å²) in [4.78, 5) is 0. The van der Waals surface area contributed by atoms with E-state index in [0.717, 1.165) is 18.7 Å². The van der Waals surface area contributed by atoms with Gasteiger partial charge in [-0.2, -0.15) is 0 Å². The second-order valence-electron chi connectivity index (χ2n) is 5.41. The summed E-state index contributed by atoms with van der Waals surface area (Å²) in [7, 11) is 0. The Hall–Kier alpha value is -1.25. The molecule has 0 bridgehead atoms. The Balaban J connectivity index is 1.92. The summed E-state index contributed by atoms with van der Waals surface area (Å²) in [6.07, 6.45) is 4.78. The van der Waals surface area contributed by atoms with Gasteiger partial charge in [0.25, 0.3) is 0 Å². The van der Waals surface area contributed by atoms with Crippen LogP contribution in [-0.2, 0) is 12.8 Å². The summed E-state index contributed by atoms with van der Waals surface area (Å²) in [6, 6.07) is 10.7. The van der Waals surface area contributed by atoms with Crippen LogP contribution in [0.4, 0.5) is 0 Å². The van der Waals surface area contributed by atoms with Gasteiger partial charge in [-0.05, 0) is 72.7 Å². The molecular formula is C17H20ClNO. The molecule has 0 spiro atoms. The van der Waals surface area contributed by atoms with Crippen LogP contribution in [0.3, 0.4) is 0 Å². The Morgan fingerprint density at radius 2 is 2.05 bits per heavy atom. The van der Waals surface area contributed by atoms with Crippen molar-refractivity contribution in [1.82, 2.24) is 5.32 Å². The van der Waals surface area contributed by atoms with E-state index in [0.29, 0.717) is 5.22 Å². The summed E-state index contributed by atoms with van der Waals surface area (Å²) in [5.74, 6) is 0.890. The maximum absolute atomic E-state index is 5.93. The van der Waals surface area contributed by atoms with Crippen molar-refractivity contribution in [3.63, 3.8) is 0 Å². The lowest BCUT2D eigenvalue weighted by atomic mass is 9.99. The first-order valence-corrected chi connectivity index (χ1v) is 7.76. The summed E-state index contributed by atoms with van der Waals surface area (Å²) in [5.41, 5.74) is 4.26. The molecule has 1 atom stereocenters. The zero-order valence-electron chi connectivity index (χ0n) is 11.8. The number of furan rings is 1. The van der Waals surface area contributed by atoms with Gasteiger partial charge in [-0.15, -0.1) is 0 Å². The molecule has 0 fully saturated rings. The minimum Gasteiger partial charge on any atom is -0.448 e. The first-order valence-electron chi connectivity index (χ1n) is 7.38. The third-order valence-electron chi connectivity index (χ3n) is 3.93. The molecule has 0 saturated heterocycles. The molecule has 0 saturated carbocycles. The van der Waals surface area contributed by atoms with Gasteiger partial charge in [0.1, 0.15) is 5.76 Å². The molecule has 1 heterocycles. The van der Waals surface area contributed by atoms with E-state index < -0.39 is 0 Å². The smallest absolute Gasteiger partial charge is 0.193 e. The number of hydrogen-bond donors (Lipinski definition) is 1. The second kappa shape index (κ2) is 6.02. The molecule has 106 valence electrons. The molecule has 0 radical (unpaired) electrons. The first kappa shape index (κ1) is 13.7. The molecule has 1 unspecified atom stereocenters. The summed E-state index contributed by atoms with van der Waals surface area (Å²) >= 11 is 5.93. The zero-order chi connectivity index (χ0) is 13.9. The van der Waals surface area contributed by atoms with Gasteiger partial charge in [0, 0.05) is 0 Å². The number of benzene rings is 1. The normalized spacial score (nSPS) is 15.3. The molecular weight excluding hydrogens is 270 g/mol. The van der Waals surface area contributed by atoms with E-state index in [9.17, 15) is 0 Å². The molecule has 0 aliphatic heterocycles. The van der Waals surface area contributed by atoms with Crippen molar-refractivity contribution in [3.05, 3.63) is 58.0 Å².